The molecule has 2 unspecified atom stereocenters. The predicted octanol–water partition coefficient (Wildman–Crippen LogP) is 14.7. The molecular formula is C56H80O2. The van der Waals surface area contributed by atoms with E-state index in [0.29, 0.717) is 0 Å². The molecular weight excluding hydrogens is 705 g/mol. The van der Waals surface area contributed by atoms with E-state index in [1.807, 2.05) is 0 Å². The largest absolute Gasteiger partial charge is 0.387 e. The topological polar surface area (TPSA) is 40.5 Å². The van der Waals surface area contributed by atoms with Crippen molar-refractivity contribution < 1.29 is 10.2 Å². The molecule has 1 fully saturated rings. The first-order valence-corrected chi connectivity index (χ1v) is 22.2. The maximum atomic E-state index is 13.5. The molecule has 2 heteroatoms. The van der Waals surface area contributed by atoms with Gasteiger partial charge in [-0.3, -0.25) is 0 Å². The van der Waals surface area contributed by atoms with Crippen molar-refractivity contribution in [2.45, 2.75) is 206 Å². The highest BCUT2D eigenvalue weighted by atomic mass is 16.3. The lowest BCUT2D eigenvalue weighted by Crippen LogP contribution is -2.47. The molecule has 2 N–H and O–H groups in total. The molecule has 4 aromatic carbocycles. The van der Waals surface area contributed by atoms with Crippen LogP contribution >= 0.6 is 0 Å². The summed E-state index contributed by atoms with van der Waals surface area (Å²) in [4.78, 5) is 0. The number of hydrogen-bond acceptors (Lipinski definition) is 2. The highest BCUT2D eigenvalue weighted by Gasteiger charge is 2.54. The quantitative estimate of drug-likeness (QED) is 0.204. The first-order valence-electron chi connectivity index (χ1n) is 22.2. The monoisotopic (exact) mass is 785 g/mol. The fourth-order valence-electron chi connectivity index (χ4n) is 10.1. The van der Waals surface area contributed by atoms with Gasteiger partial charge in [-0.15, -0.1) is 0 Å². The summed E-state index contributed by atoms with van der Waals surface area (Å²) in [6, 6.07) is 31.8. The zero-order valence-electron chi connectivity index (χ0n) is 40.0. The molecule has 0 radical (unpaired) electrons. The lowest BCUT2D eigenvalue weighted by molar-refractivity contribution is -0.00960. The molecule has 1 saturated carbocycles. The van der Waals surface area contributed by atoms with Crippen LogP contribution in [0, 0.1) is 0 Å². The van der Waals surface area contributed by atoms with Gasteiger partial charge in [0.1, 0.15) is 0 Å². The molecule has 4 aromatic rings. The third-order valence-electron chi connectivity index (χ3n) is 13.7. The second-order valence-corrected chi connectivity index (χ2v) is 24.3. The zero-order valence-corrected chi connectivity index (χ0v) is 40.0. The summed E-state index contributed by atoms with van der Waals surface area (Å²) in [6.45, 7) is 40.9. The van der Waals surface area contributed by atoms with Crippen molar-refractivity contribution in [1.82, 2.24) is 0 Å². The standard InChI is InChI=1S/C56H80O2/c1-49(2,3)37-25-29-39(30-26-37)55(47(57)45-41(51(7,8)9)21-19-22-42(45)52(10,11)12)33-35-56(36-34-55,40-31-27-38(28-32-40)50(4,5)6)48(58)46-43(53(13,14)15)23-20-24-44(46)54(16,17)18/h19-32,47-48,57-58H,33-36H2,1-18H3. The molecule has 0 amide bonds. The van der Waals surface area contributed by atoms with Crippen LogP contribution < -0.4 is 0 Å². The van der Waals surface area contributed by atoms with Crippen molar-refractivity contribution in [3.63, 3.8) is 0 Å². The molecule has 0 heterocycles. The number of aliphatic hydroxyl groups is 2. The van der Waals surface area contributed by atoms with Gasteiger partial charge in [0.05, 0.1) is 12.2 Å². The summed E-state index contributed by atoms with van der Waals surface area (Å²) in [5.74, 6) is 0. The fraction of sp³-hybridized carbons (Fsp3) is 0.571. The average Bonchev–Trinajstić information content (AvgIpc) is 3.11. The fourth-order valence-corrected chi connectivity index (χ4v) is 10.1. The molecule has 316 valence electrons. The molecule has 0 aliphatic heterocycles. The molecule has 5 rings (SSSR count). The van der Waals surface area contributed by atoms with Gasteiger partial charge in [-0.05, 0) is 114 Å². The summed E-state index contributed by atoms with van der Waals surface area (Å²) in [6.07, 6.45) is 1.42. The van der Waals surface area contributed by atoms with E-state index in [1.54, 1.807) is 0 Å². The van der Waals surface area contributed by atoms with E-state index in [2.05, 4.69) is 210 Å². The average molecular weight is 785 g/mol. The summed E-state index contributed by atoms with van der Waals surface area (Å²) in [5.41, 5.74) is 10.2. The Hall–Kier alpha value is -3.20. The minimum Gasteiger partial charge on any atom is -0.387 e. The predicted molar refractivity (Wildman–Crippen MR) is 250 cm³/mol. The van der Waals surface area contributed by atoms with Crippen LogP contribution in [0.15, 0.2) is 84.9 Å². The molecule has 1 aliphatic carbocycles. The van der Waals surface area contributed by atoms with E-state index in [4.69, 9.17) is 0 Å². The van der Waals surface area contributed by atoms with Crippen molar-refractivity contribution in [3.8, 4) is 0 Å². The minimum atomic E-state index is -0.747. The Morgan fingerprint density at radius 2 is 0.569 bits per heavy atom. The van der Waals surface area contributed by atoms with Crippen LogP contribution in [-0.4, -0.2) is 10.2 Å². The molecule has 0 aromatic heterocycles. The first-order chi connectivity index (χ1) is 26.4. The zero-order chi connectivity index (χ0) is 43.7. The molecule has 0 spiro atoms. The van der Waals surface area contributed by atoms with Crippen molar-refractivity contribution in [2.24, 2.45) is 0 Å². The van der Waals surface area contributed by atoms with Gasteiger partial charge in [-0.2, -0.15) is 0 Å². The normalized spacial score (nSPS) is 21.2. The van der Waals surface area contributed by atoms with Crippen LogP contribution in [0.25, 0.3) is 0 Å². The third-order valence-corrected chi connectivity index (χ3v) is 13.7. The Balaban J connectivity index is 1.81. The van der Waals surface area contributed by atoms with Gasteiger partial charge in [-0.1, -0.05) is 210 Å². The van der Waals surface area contributed by atoms with Gasteiger partial charge in [-0.25, -0.2) is 0 Å². The van der Waals surface area contributed by atoms with E-state index in [9.17, 15) is 10.2 Å². The van der Waals surface area contributed by atoms with Crippen molar-refractivity contribution in [2.75, 3.05) is 0 Å². The molecule has 2 nitrogen and oxygen atoms in total. The van der Waals surface area contributed by atoms with Crippen LogP contribution in [0.1, 0.15) is 218 Å². The van der Waals surface area contributed by atoms with Crippen LogP contribution in [-0.2, 0) is 43.3 Å². The lowest BCUT2D eigenvalue weighted by Gasteiger charge is -2.53. The molecule has 1 aliphatic rings. The number of hydrogen-bond donors (Lipinski definition) is 2. The van der Waals surface area contributed by atoms with E-state index in [1.165, 1.54) is 44.5 Å². The second kappa shape index (κ2) is 15.4. The van der Waals surface area contributed by atoms with E-state index >= 15 is 0 Å². The second-order valence-electron chi connectivity index (χ2n) is 24.3. The Morgan fingerprint density at radius 3 is 0.759 bits per heavy atom. The maximum absolute atomic E-state index is 13.5. The lowest BCUT2D eigenvalue weighted by atomic mass is 9.53. The van der Waals surface area contributed by atoms with Gasteiger partial charge < -0.3 is 10.2 Å². The van der Waals surface area contributed by atoms with E-state index in [0.717, 1.165) is 36.8 Å². The Morgan fingerprint density at radius 1 is 0.345 bits per heavy atom. The van der Waals surface area contributed by atoms with E-state index in [-0.39, 0.29) is 32.5 Å². The first kappa shape index (κ1) is 45.9. The van der Waals surface area contributed by atoms with Crippen LogP contribution in [0.3, 0.4) is 0 Å². The van der Waals surface area contributed by atoms with Gasteiger partial charge in [0, 0.05) is 10.8 Å². The highest BCUT2D eigenvalue weighted by Crippen LogP contribution is 2.60. The molecule has 2 atom stereocenters. The maximum Gasteiger partial charge on any atom is 0.0892 e. The van der Waals surface area contributed by atoms with Gasteiger partial charge in [0.2, 0.25) is 0 Å². The van der Waals surface area contributed by atoms with Crippen molar-refractivity contribution in [1.29, 1.82) is 0 Å². The highest BCUT2D eigenvalue weighted by molar-refractivity contribution is 5.51. The summed E-state index contributed by atoms with van der Waals surface area (Å²) >= 11 is 0. The van der Waals surface area contributed by atoms with E-state index < -0.39 is 23.0 Å². The number of benzene rings is 4. The molecule has 58 heavy (non-hydrogen) atoms. The smallest absolute Gasteiger partial charge is 0.0892 e. The van der Waals surface area contributed by atoms with Crippen LogP contribution in [0.2, 0.25) is 0 Å². The number of aliphatic hydroxyl groups excluding tert-OH is 2. The van der Waals surface area contributed by atoms with Crippen LogP contribution in [0.4, 0.5) is 0 Å². The Labute approximate surface area is 355 Å². The summed E-state index contributed by atoms with van der Waals surface area (Å²) in [7, 11) is 0. The molecule has 0 saturated heterocycles. The van der Waals surface area contributed by atoms with Crippen molar-refractivity contribution in [3.05, 3.63) is 141 Å². The Bertz CT molecular complexity index is 1810. The molecule has 0 bridgehead atoms. The SMILES string of the molecule is CC(C)(C)c1ccc(C2(C(O)c3c(C(C)(C)C)cccc3C(C)(C)C)CCC(c3ccc(C(C)(C)C)cc3)(C(O)c3c(C(C)(C)C)cccc3C(C)(C)C)CC2)cc1. The summed E-state index contributed by atoms with van der Waals surface area (Å²) in [5, 5.41) is 27.1. The van der Waals surface area contributed by atoms with Gasteiger partial charge in [0.15, 0.2) is 0 Å². The van der Waals surface area contributed by atoms with Crippen LogP contribution in [0.5, 0.6) is 0 Å². The van der Waals surface area contributed by atoms with Gasteiger partial charge >= 0.3 is 0 Å². The number of rotatable bonds is 6. The summed E-state index contributed by atoms with van der Waals surface area (Å²) < 4.78 is 0. The van der Waals surface area contributed by atoms with Gasteiger partial charge in [0.25, 0.3) is 0 Å². The van der Waals surface area contributed by atoms with Crippen molar-refractivity contribution >= 4 is 0 Å². The third kappa shape index (κ3) is 8.81. The minimum absolute atomic E-state index is 0.0127. The Kier molecular flexibility index (Phi) is 12.2.